The number of aromatic nitrogens is 2. The van der Waals surface area contributed by atoms with Crippen LogP contribution in [0.1, 0.15) is 39.0 Å². The number of nitriles is 1. The summed E-state index contributed by atoms with van der Waals surface area (Å²) in [5, 5.41) is 20.0. The van der Waals surface area contributed by atoms with Crippen LogP contribution in [0.4, 0.5) is 0 Å². The Bertz CT molecular complexity index is 729. The fraction of sp³-hybridized carbons (Fsp3) is 0.500. The smallest absolute Gasteiger partial charge is 0.284 e. The number of amides is 1. The van der Waals surface area contributed by atoms with E-state index >= 15 is 0 Å². The van der Waals surface area contributed by atoms with Crippen LogP contribution in [-0.4, -0.2) is 26.9 Å². The zero-order chi connectivity index (χ0) is 17.0. The minimum Gasteiger partial charge on any atom is -0.459 e. The van der Waals surface area contributed by atoms with Gasteiger partial charge in [0.2, 0.25) is 5.91 Å². The van der Waals surface area contributed by atoms with Gasteiger partial charge in [-0.1, -0.05) is 31.0 Å². The number of carbonyl (C=O) groups excluding carboxylic acids is 1. The van der Waals surface area contributed by atoms with Crippen LogP contribution in [0.25, 0.3) is 11.7 Å². The second kappa shape index (κ2) is 7.09. The Kier molecular flexibility index (Phi) is 4.90. The van der Waals surface area contributed by atoms with Crippen molar-refractivity contribution in [2.45, 2.75) is 55.0 Å². The highest BCUT2D eigenvalue weighted by molar-refractivity contribution is 8.00. The van der Waals surface area contributed by atoms with E-state index in [0.29, 0.717) is 23.8 Å². The van der Waals surface area contributed by atoms with Gasteiger partial charge in [-0.05, 0) is 31.9 Å². The number of nitrogens with zero attached hydrogens (tertiary/aromatic N) is 3. The number of rotatable bonds is 5. The largest absolute Gasteiger partial charge is 0.459 e. The molecule has 0 aromatic carbocycles. The van der Waals surface area contributed by atoms with Gasteiger partial charge in [0.05, 0.1) is 17.6 Å². The van der Waals surface area contributed by atoms with E-state index in [1.54, 1.807) is 19.1 Å². The van der Waals surface area contributed by atoms with Crippen LogP contribution in [0.2, 0.25) is 0 Å². The first-order chi connectivity index (χ1) is 11.6. The average molecular weight is 346 g/mol. The molecule has 1 aliphatic rings. The molecule has 7 nitrogen and oxygen atoms in total. The third-order valence-electron chi connectivity index (χ3n) is 4.07. The quantitative estimate of drug-likeness (QED) is 0.829. The Balaban J connectivity index is 1.61. The molecule has 1 aliphatic carbocycles. The van der Waals surface area contributed by atoms with Crippen LogP contribution >= 0.6 is 11.8 Å². The number of nitrogens with one attached hydrogen (secondary N) is 1. The van der Waals surface area contributed by atoms with E-state index < -0.39 is 10.8 Å². The van der Waals surface area contributed by atoms with Crippen LogP contribution in [0.3, 0.4) is 0 Å². The first-order valence-electron chi connectivity index (χ1n) is 7.89. The zero-order valence-corrected chi connectivity index (χ0v) is 14.1. The summed E-state index contributed by atoms with van der Waals surface area (Å²) in [5.41, 5.74) is -0.738. The summed E-state index contributed by atoms with van der Waals surface area (Å²) < 4.78 is 10.7. The Morgan fingerprint density at radius 2 is 2.21 bits per heavy atom. The summed E-state index contributed by atoms with van der Waals surface area (Å²) in [4.78, 5) is 12.4. The van der Waals surface area contributed by atoms with Crippen molar-refractivity contribution >= 4 is 17.7 Å². The molecule has 1 atom stereocenters. The molecule has 3 rings (SSSR count). The van der Waals surface area contributed by atoms with Crippen molar-refractivity contribution in [3.05, 3.63) is 18.4 Å². The highest BCUT2D eigenvalue weighted by Gasteiger charge is 2.35. The lowest BCUT2D eigenvalue weighted by Crippen LogP contribution is -2.50. The van der Waals surface area contributed by atoms with Gasteiger partial charge in [-0.15, -0.1) is 10.2 Å². The van der Waals surface area contributed by atoms with Gasteiger partial charge in [-0.3, -0.25) is 4.79 Å². The first kappa shape index (κ1) is 16.6. The minimum absolute atomic E-state index is 0.193. The number of furan rings is 1. The maximum atomic E-state index is 12.4. The average Bonchev–Trinajstić information content (AvgIpc) is 3.26. The standard InChI is InChI=1S/C16H18N4O3S/c1-11(13(21)18-16(10-17)7-3-2-4-8-16)24-15-20-19-14(23-15)12-6-5-9-22-12/h5-6,9,11H,2-4,7-8H2,1H3,(H,18,21). The Hall–Kier alpha value is -2.27. The third kappa shape index (κ3) is 3.62. The van der Waals surface area contributed by atoms with Gasteiger partial charge in [-0.25, -0.2) is 0 Å². The summed E-state index contributed by atoms with van der Waals surface area (Å²) in [6.07, 6.45) is 5.97. The Morgan fingerprint density at radius 1 is 1.42 bits per heavy atom. The van der Waals surface area contributed by atoms with E-state index in [-0.39, 0.29) is 11.8 Å². The van der Waals surface area contributed by atoms with E-state index in [1.165, 1.54) is 6.26 Å². The molecule has 1 N–H and O–H groups in total. The SMILES string of the molecule is CC(Sc1nnc(-c2ccco2)o1)C(=O)NC1(C#N)CCCCC1. The molecule has 2 heterocycles. The van der Waals surface area contributed by atoms with E-state index in [0.717, 1.165) is 31.0 Å². The maximum Gasteiger partial charge on any atom is 0.284 e. The number of hydrogen-bond acceptors (Lipinski definition) is 7. The van der Waals surface area contributed by atoms with Crippen molar-refractivity contribution in [2.75, 3.05) is 0 Å². The summed E-state index contributed by atoms with van der Waals surface area (Å²) >= 11 is 1.16. The summed E-state index contributed by atoms with van der Waals surface area (Å²) in [5.74, 6) is 0.564. The Morgan fingerprint density at radius 3 is 2.88 bits per heavy atom. The zero-order valence-electron chi connectivity index (χ0n) is 13.3. The van der Waals surface area contributed by atoms with Gasteiger partial charge in [0.15, 0.2) is 5.76 Å². The second-order valence-electron chi connectivity index (χ2n) is 5.85. The van der Waals surface area contributed by atoms with E-state index in [1.807, 2.05) is 0 Å². The van der Waals surface area contributed by atoms with E-state index in [4.69, 9.17) is 8.83 Å². The van der Waals surface area contributed by atoms with Crippen LogP contribution in [0.15, 0.2) is 32.5 Å². The fourth-order valence-corrected chi connectivity index (χ4v) is 3.40. The predicted molar refractivity (Wildman–Crippen MR) is 86.9 cm³/mol. The lowest BCUT2D eigenvalue weighted by atomic mass is 9.83. The molecule has 1 saturated carbocycles. The van der Waals surface area contributed by atoms with Gasteiger partial charge in [0, 0.05) is 0 Å². The van der Waals surface area contributed by atoms with Gasteiger partial charge < -0.3 is 14.2 Å². The molecule has 2 aromatic heterocycles. The molecule has 0 spiro atoms. The van der Waals surface area contributed by atoms with Crippen molar-refractivity contribution < 1.29 is 13.6 Å². The summed E-state index contributed by atoms with van der Waals surface area (Å²) in [7, 11) is 0. The molecule has 1 amide bonds. The maximum absolute atomic E-state index is 12.4. The van der Waals surface area contributed by atoms with Gasteiger partial charge in [0.1, 0.15) is 5.54 Å². The molecular weight excluding hydrogens is 328 g/mol. The normalized spacial score (nSPS) is 17.8. The monoisotopic (exact) mass is 346 g/mol. The predicted octanol–water partition coefficient (Wildman–Crippen LogP) is 3.15. The molecule has 0 bridgehead atoms. The lowest BCUT2D eigenvalue weighted by Gasteiger charge is -2.32. The molecule has 1 unspecified atom stereocenters. The van der Waals surface area contributed by atoms with Crippen LogP contribution < -0.4 is 5.32 Å². The van der Waals surface area contributed by atoms with Crippen molar-refractivity contribution in [3.63, 3.8) is 0 Å². The molecule has 2 aromatic rings. The Labute approximate surface area is 143 Å². The van der Waals surface area contributed by atoms with Gasteiger partial charge in [-0.2, -0.15) is 5.26 Å². The van der Waals surface area contributed by atoms with Crippen molar-refractivity contribution in [1.29, 1.82) is 5.26 Å². The molecule has 8 heteroatoms. The van der Waals surface area contributed by atoms with Crippen LogP contribution in [0.5, 0.6) is 0 Å². The highest BCUT2D eigenvalue weighted by Crippen LogP contribution is 2.30. The van der Waals surface area contributed by atoms with Gasteiger partial charge in [0.25, 0.3) is 11.1 Å². The molecular formula is C16H18N4O3S. The molecule has 0 aliphatic heterocycles. The summed E-state index contributed by atoms with van der Waals surface area (Å²) in [6.45, 7) is 1.75. The summed E-state index contributed by atoms with van der Waals surface area (Å²) in [6, 6.07) is 5.73. The lowest BCUT2D eigenvalue weighted by molar-refractivity contribution is -0.122. The van der Waals surface area contributed by atoms with E-state index in [2.05, 4.69) is 21.6 Å². The number of carbonyl (C=O) groups is 1. The topological polar surface area (TPSA) is 105 Å². The number of hydrogen-bond donors (Lipinski definition) is 1. The van der Waals surface area contributed by atoms with Crippen molar-refractivity contribution in [2.24, 2.45) is 0 Å². The van der Waals surface area contributed by atoms with Crippen LogP contribution in [0, 0.1) is 11.3 Å². The molecule has 126 valence electrons. The third-order valence-corrected chi connectivity index (χ3v) is 5.00. The molecule has 0 saturated heterocycles. The van der Waals surface area contributed by atoms with Crippen LogP contribution in [-0.2, 0) is 4.79 Å². The second-order valence-corrected chi connectivity index (χ2v) is 7.15. The highest BCUT2D eigenvalue weighted by atomic mass is 32.2. The van der Waals surface area contributed by atoms with E-state index in [9.17, 15) is 10.1 Å². The van der Waals surface area contributed by atoms with Crippen molar-refractivity contribution in [1.82, 2.24) is 15.5 Å². The minimum atomic E-state index is -0.738. The first-order valence-corrected chi connectivity index (χ1v) is 8.77. The van der Waals surface area contributed by atoms with Gasteiger partial charge >= 0.3 is 0 Å². The fourth-order valence-electron chi connectivity index (χ4n) is 2.72. The number of thioether (sulfide) groups is 1. The molecule has 24 heavy (non-hydrogen) atoms. The molecule has 1 fully saturated rings. The van der Waals surface area contributed by atoms with Crippen molar-refractivity contribution in [3.8, 4) is 17.7 Å². The molecule has 0 radical (unpaired) electrons.